The highest BCUT2D eigenvalue weighted by atomic mass is 16.2. The van der Waals surface area contributed by atoms with Gasteiger partial charge in [-0.05, 0) is 17.7 Å². The van der Waals surface area contributed by atoms with E-state index in [1.54, 1.807) is 36.4 Å². The first-order chi connectivity index (χ1) is 9.02. The molecule has 0 aliphatic rings. The average Bonchev–Trinajstić information content (AvgIpc) is 2.38. The number of carbonyl (C=O) groups is 2. The normalized spacial score (nSPS) is 10.1. The fourth-order valence-corrected chi connectivity index (χ4v) is 1.99. The fraction of sp³-hybridized carbons (Fsp3) is 0. The van der Waals surface area contributed by atoms with Gasteiger partial charge in [0.2, 0.25) is 11.8 Å². The molecule has 0 saturated carbocycles. The lowest BCUT2D eigenvalue weighted by Crippen LogP contribution is -2.21. The molecule has 5 nitrogen and oxygen atoms in total. The molecule has 0 heterocycles. The Morgan fingerprint density at radius 2 is 1.42 bits per heavy atom. The quantitative estimate of drug-likeness (QED) is 0.714. The SMILES string of the molecule is NC(=O)c1cccc(-c2ccccc2N)c1C(N)=O. The molecule has 2 aromatic carbocycles. The second-order valence-electron chi connectivity index (χ2n) is 4.04. The van der Waals surface area contributed by atoms with Crippen molar-refractivity contribution < 1.29 is 9.59 Å². The number of para-hydroxylation sites is 1. The zero-order valence-corrected chi connectivity index (χ0v) is 10.1. The van der Waals surface area contributed by atoms with E-state index in [0.29, 0.717) is 16.8 Å². The first-order valence-electron chi connectivity index (χ1n) is 5.60. The molecule has 0 aliphatic carbocycles. The summed E-state index contributed by atoms with van der Waals surface area (Å²) in [5, 5.41) is 0. The van der Waals surface area contributed by atoms with Crippen molar-refractivity contribution in [3.63, 3.8) is 0 Å². The van der Waals surface area contributed by atoms with Crippen LogP contribution in [0, 0.1) is 0 Å². The minimum absolute atomic E-state index is 0.0906. The van der Waals surface area contributed by atoms with Gasteiger partial charge in [0.1, 0.15) is 0 Å². The minimum atomic E-state index is -0.715. The van der Waals surface area contributed by atoms with Crippen molar-refractivity contribution in [1.29, 1.82) is 0 Å². The zero-order chi connectivity index (χ0) is 14.0. The lowest BCUT2D eigenvalue weighted by Gasteiger charge is -2.12. The van der Waals surface area contributed by atoms with Crippen LogP contribution in [0.15, 0.2) is 42.5 Å². The van der Waals surface area contributed by atoms with E-state index in [-0.39, 0.29) is 11.1 Å². The second kappa shape index (κ2) is 4.81. The summed E-state index contributed by atoms with van der Waals surface area (Å²) in [5.74, 6) is -1.42. The molecule has 0 aliphatic heterocycles. The summed E-state index contributed by atoms with van der Waals surface area (Å²) in [6, 6.07) is 11.8. The maximum Gasteiger partial charge on any atom is 0.250 e. The van der Waals surface area contributed by atoms with E-state index >= 15 is 0 Å². The second-order valence-corrected chi connectivity index (χ2v) is 4.04. The monoisotopic (exact) mass is 255 g/mol. The first kappa shape index (κ1) is 12.6. The van der Waals surface area contributed by atoms with Gasteiger partial charge in [0.05, 0.1) is 11.1 Å². The molecule has 0 unspecified atom stereocenters. The molecule has 19 heavy (non-hydrogen) atoms. The highest BCUT2D eigenvalue weighted by Gasteiger charge is 2.18. The van der Waals surface area contributed by atoms with Gasteiger partial charge in [0, 0.05) is 11.3 Å². The van der Waals surface area contributed by atoms with Crippen molar-refractivity contribution in [3.8, 4) is 11.1 Å². The lowest BCUT2D eigenvalue weighted by atomic mass is 9.93. The smallest absolute Gasteiger partial charge is 0.250 e. The van der Waals surface area contributed by atoms with Gasteiger partial charge >= 0.3 is 0 Å². The molecule has 5 heteroatoms. The van der Waals surface area contributed by atoms with Crippen LogP contribution in [0.3, 0.4) is 0 Å². The summed E-state index contributed by atoms with van der Waals surface area (Å²) < 4.78 is 0. The maximum absolute atomic E-state index is 11.6. The number of nitrogen functional groups attached to an aromatic ring is 1. The summed E-state index contributed by atoms with van der Waals surface area (Å²) in [7, 11) is 0. The Kier molecular flexibility index (Phi) is 3.20. The van der Waals surface area contributed by atoms with Gasteiger partial charge in [0.25, 0.3) is 0 Å². The van der Waals surface area contributed by atoms with Crippen molar-refractivity contribution in [2.75, 3.05) is 5.73 Å². The summed E-state index contributed by atoms with van der Waals surface area (Å²) in [6.45, 7) is 0. The third kappa shape index (κ3) is 2.26. The Balaban J connectivity index is 2.78. The van der Waals surface area contributed by atoms with E-state index in [1.165, 1.54) is 6.07 Å². The Labute approximate surface area is 110 Å². The Hall–Kier alpha value is -2.82. The van der Waals surface area contributed by atoms with Crippen LogP contribution in [0.5, 0.6) is 0 Å². The van der Waals surface area contributed by atoms with Crippen LogP contribution >= 0.6 is 0 Å². The largest absolute Gasteiger partial charge is 0.398 e. The number of benzene rings is 2. The molecule has 0 spiro atoms. The van der Waals surface area contributed by atoms with Gasteiger partial charge in [-0.3, -0.25) is 9.59 Å². The number of amides is 2. The van der Waals surface area contributed by atoms with Crippen molar-refractivity contribution in [3.05, 3.63) is 53.6 Å². The molecule has 96 valence electrons. The van der Waals surface area contributed by atoms with E-state index < -0.39 is 11.8 Å². The van der Waals surface area contributed by atoms with E-state index in [4.69, 9.17) is 17.2 Å². The number of carbonyl (C=O) groups excluding carboxylic acids is 2. The van der Waals surface area contributed by atoms with Crippen LogP contribution in [0.2, 0.25) is 0 Å². The molecule has 6 N–H and O–H groups in total. The van der Waals surface area contributed by atoms with Crippen LogP contribution in [0.1, 0.15) is 20.7 Å². The Morgan fingerprint density at radius 1 is 0.789 bits per heavy atom. The van der Waals surface area contributed by atoms with Gasteiger partial charge in [-0.15, -0.1) is 0 Å². The van der Waals surface area contributed by atoms with Crippen molar-refractivity contribution in [2.24, 2.45) is 11.5 Å². The highest BCUT2D eigenvalue weighted by Crippen LogP contribution is 2.30. The molecule has 2 rings (SSSR count). The van der Waals surface area contributed by atoms with Crippen molar-refractivity contribution in [2.45, 2.75) is 0 Å². The number of rotatable bonds is 3. The third-order valence-corrected chi connectivity index (χ3v) is 2.83. The van der Waals surface area contributed by atoms with E-state index in [1.807, 2.05) is 0 Å². The van der Waals surface area contributed by atoms with Gasteiger partial charge in [-0.2, -0.15) is 0 Å². The minimum Gasteiger partial charge on any atom is -0.398 e. The Morgan fingerprint density at radius 3 is 2.00 bits per heavy atom. The summed E-state index contributed by atoms with van der Waals surface area (Å²) >= 11 is 0. The van der Waals surface area contributed by atoms with Gasteiger partial charge in [-0.1, -0.05) is 30.3 Å². The first-order valence-corrected chi connectivity index (χ1v) is 5.60. The van der Waals surface area contributed by atoms with Crippen LogP contribution in [0.25, 0.3) is 11.1 Å². The molecular weight excluding hydrogens is 242 g/mol. The summed E-state index contributed by atoms with van der Waals surface area (Å²) in [6.07, 6.45) is 0. The van der Waals surface area contributed by atoms with E-state index in [2.05, 4.69) is 0 Å². The molecule has 2 amide bonds. The number of nitrogens with two attached hydrogens (primary N) is 3. The van der Waals surface area contributed by atoms with Gasteiger partial charge in [-0.25, -0.2) is 0 Å². The van der Waals surface area contributed by atoms with Gasteiger partial charge < -0.3 is 17.2 Å². The van der Waals surface area contributed by atoms with Crippen molar-refractivity contribution in [1.82, 2.24) is 0 Å². The number of anilines is 1. The summed E-state index contributed by atoms with van der Waals surface area (Å²) in [4.78, 5) is 23.0. The molecule has 0 saturated heterocycles. The molecule has 2 aromatic rings. The molecule has 0 fully saturated rings. The summed E-state index contributed by atoms with van der Waals surface area (Å²) in [5.41, 5.74) is 18.3. The standard InChI is InChI=1S/C14H13N3O2/c15-11-7-2-1-4-8(11)9-5-3-6-10(13(16)18)12(9)14(17)19/h1-7H,15H2,(H2,16,18)(H2,17,19). The lowest BCUT2D eigenvalue weighted by molar-refractivity contribution is 0.0968. The number of hydrogen-bond donors (Lipinski definition) is 3. The Bertz CT molecular complexity index is 665. The predicted molar refractivity (Wildman–Crippen MR) is 73.3 cm³/mol. The predicted octanol–water partition coefficient (Wildman–Crippen LogP) is 1.13. The van der Waals surface area contributed by atoms with E-state index in [9.17, 15) is 9.59 Å². The maximum atomic E-state index is 11.6. The fourth-order valence-electron chi connectivity index (χ4n) is 1.99. The van der Waals surface area contributed by atoms with Crippen LogP contribution in [-0.4, -0.2) is 11.8 Å². The highest BCUT2D eigenvalue weighted by molar-refractivity contribution is 6.11. The average molecular weight is 255 g/mol. The molecule has 0 bridgehead atoms. The van der Waals surface area contributed by atoms with Crippen molar-refractivity contribution >= 4 is 17.5 Å². The molecular formula is C14H13N3O2. The zero-order valence-electron chi connectivity index (χ0n) is 10.1. The number of hydrogen-bond acceptors (Lipinski definition) is 3. The van der Waals surface area contributed by atoms with Gasteiger partial charge in [0.15, 0.2) is 0 Å². The molecule has 0 atom stereocenters. The topological polar surface area (TPSA) is 112 Å². The number of primary amides is 2. The van der Waals surface area contributed by atoms with Crippen LogP contribution in [0.4, 0.5) is 5.69 Å². The van der Waals surface area contributed by atoms with Crippen LogP contribution in [-0.2, 0) is 0 Å². The molecule has 0 radical (unpaired) electrons. The van der Waals surface area contributed by atoms with Crippen LogP contribution < -0.4 is 17.2 Å². The van der Waals surface area contributed by atoms with E-state index in [0.717, 1.165) is 0 Å². The molecule has 0 aromatic heterocycles. The third-order valence-electron chi connectivity index (χ3n) is 2.83.